The lowest BCUT2D eigenvalue weighted by Gasteiger charge is -2.23. The van der Waals surface area contributed by atoms with Gasteiger partial charge in [-0.15, -0.1) is 0 Å². The lowest BCUT2D eigenvalue weighted by Crippen LogP contribution is -2.46. The van der Waals surface area contributed by atoms with Crippen LogP contribution in [0.5, 0.6) is 5.75 Å². The zero-order chi connectivity index (χ0) is 18.1. The standard InChI is InChI=1S/C20H23N3O3/c1-22-11-5-8-17(22)20(25)23-13-16(26-15-6-3-2-4-7-15)12-18(23)19(24)21-14-9-10-14/h2-8,11,14,16,18H,9-10,12-13H2,1H3,(H,21,24)/t16-,18-/m0/s1. The van der Waals surface area contributed by atoms with Crippen molar-refractivity contribution in [2.75, 3.05) is 6.54 Å². The van der Waals surface area contributed by atoms with Gasteiger partial charge in [-0.3, -0.25) is 9.59 Å². The largest absolute Gasteiger partial charge is 0.488 e. The summed E-state index contributed by atoms with van der Waals surface area (Å²) in [5, 5.41) is 3.03. The van der Waals surface area contributed by atoms with Crippen molar-refractivity contribution in [3.8, 4) is 5.75 Å². The molecule has 0 unspecified atom stereocenters. The van der Waals surface area contributed by atoms with E-state index in [1.165, 1.54) is 0 Å². The highest BCUT2D eigenvalue weighted by Crippen LogP contribution is 2.26. The Labute approximate surface area is 152 Å². The molecule has 0 spiro atoms. The Hall–Kier alpha value is -2.76. The minimum absolute atomic E-state index is 0.0748. The molecule has 2 amide bonds. The maximum Gasteiger partial charge on any atom is 0.271 e. The number of likely N-dealkylation sites (tertiary alicyclic amines) is 1. The first-order chi connectivity index (χ1) is 12.6. The predicted octanol–water partition coefficient (Wildman–Crippen LogP) is 1.97. The number of hydrogen-bond acceptors (Lipinski definition) is 3. The number of rotatable bonds is 5. The third-order valence-corrected chi connectivity index (χ3v) is 4.96. The van der Waals surface area contributed by atoms with Gasteiger partial charge < -0.3 is 19.5 Å². The van der Waals surface area contributed by atoms with Crippen molar-refractivity contribution in [3.63, 3.8) is 0 Å². The maximum absolute atomic E-state index is 13.0. The fourth-order valence-corrected chi connectivity index (χ4v) is 3.40. The molecule has 0 bridgehead atoms. The lowest BCUT2D eigenvalue weighted by atomic mass is 10.1. The summed E-state index contributed by atoms with van der Waals surface area (Å²) in [6, 6.07) is 12.9. The number of nitrogens with one attached hydrogen (secondary N) is 1. The van der Waals surface area contributed by atoms with Crippen LogP contribution in [0.4, 0.5) is 0 Å². The maximum atomic E-state index is 13.0. The third-order valence-electron chi connectivity index (χ3n) is 4.96. The SMILES string of the molecule is Cn1cccc1C(=O)N1C[C@@H](Oc2ccccc2)C[C@H]1C(=O)NC1CC1. The smallest absolute Gasteiger partial charge is 0.271 e. The van der Waals surface area contributed by atoms with E-state index in [2.05, 4.69) is 5.32 Å². The summed E-state index contributed by atoms with van der Waals surface area (Å²) in [4.78, 5) is 27.4. The first-order valence-electron chi connectivity index (χ1n) is 9.06. The Bertz CT molecular complexity index is 798. The van der Waals surface area contributed by atoms with Crippen LogP contribution in [0.1, 0.15) is 29.8 Å². The Balaban J connectivity index is 1.53. The third kappa shape index (κ3) is 3.45. The van der Waals surface area contributed by atoms with E-state index in [9.17, 15) is 9.59 Å². The number of benzene rings is 1. The van der Waals surface area contributed by atoms with Gasteiger partial charge in [0.1, 0.15) is 23.6 Å². The van der Waals surface area contributed by atoms with E-state index in [0.29, 0.717) is 18.7 Å². The molecule has 2 aromatic rings. The second-order valence-electron chi connectivity index (χ2n) is 7.05. The van der Waals surface area contributed by atoms with Crippen LogP contribution in [0.25, 0.3) is 0 Å². The number of hydrogen-bond donors (Lipinski definition) is 1. The highest BCUT2D eigenvalue weighted by molar-refractivity contribution is 5.97. The van der Waals surface area contributed by atoms with E-state index in [0.717, 1.165) is 18.6 Å². The number of aryl methyl sites for hydroxylation is 1. The van der Waals surface area contributed by atoms with Crippen LogP contribution in [0.2, 0.25) is 0 Å². The molecule has 1 aliphatic carbocycles. The zero-order valence-corrected chi connectivity index (χ0v) is 14.8. The predicted molar refractivity (Wildman–Crippen MR) is 96.9 cm³/mol. The molecule has 1 aliphatic heterocycles. The summed E-state index contributed by atoms with van der Waals surface area (Å²) in [5.41, 5.74) is 0.578. The summed E-state index contributed by atoms with van der Waals surface area (Å²) >= 11 is 0. The molecular weight excluding hydrogens is 330 g/mol. The van der Waals surface area contributed by atoms with E-state index >= 15 is 0 Å². The number of ether oxygens (including phenoxy) is 1. The van der Waals surface area contributed by atoms with Crippen molar-refractivity contribution in [3.05, 3.63) is 54.4 Å². The van der Waals surface area contributed by atoms with Crippen LogP contribution in [0.15, 0.2) is 48.7 Å². The Morgan fingerprint density at radius 1 is 1.12 bits per heavy atom. The fraction of sp³-hybridized carbons (Fsp3) is 0.400. The van der Waals surface area contributed by atoms with Gasteiger partial charge in [0.15, 0.2) is 0 Å². The van der Waals surface area contributed by atoms with Crippen LogP contribution in [-0.4, -0.2) is 46.0 Å². The molecule has 2 fully saturated rings. The van der Waals surface area contributed by atoms with Crippen molar-refractivity contribution in [1.29, 1.82) is 0 Å². The molecule has 1 N–H and O–H groups in total. The monoisotopic (exact) mass is 353 g/mol. The molecule has 1 saturated carbocycles. The molecular formula is C20H23N3O3. The lowest BCUT2D eigenvalue weighted by molar-refractivity contribution is -0.125. The summed E-state index contributed by atoms with van der Waals surface area (Å²) in [6.07, 6.45) is 4.18. The average molecular weight is 353 g/mol. The summed E-state index contributed by atoms with van der Waals surface area (Å²) in [6.45, 7) is 0.404. The van der Waals surface area contributed by atoms with Gasteiger partial charge in [-0.25, -0.2) is 0 Å². The highest BCUT2D eigenvalue weighted by atomic mass is 16.5. The number of para-hydroxylation sites is 1. The fourth-order valence-electron chi connectivity index (χ4n) is 3.40. The van der Waals surface area contributed by atoms with Crippen molar-refractivity contribution in [2.24, 2.45) is 7.05 Å². The minimum Gasteiger partial charge on any atom is -0.488 e. The van der Waals surface area contributed by atoms with Gasteiger partial charge in [0.2, 0.25) is 5.91 Å². The average Bonchev–Trinajstić information content (AvgIpc) is 3.18. The zero-order valence-electron chi connectivity index (χ0n) is 14.8. The molecule has 6 nitrogen and oxygen atoms in total. The van der Waals surface area contributed by atoms with E-state index in [1.807, 2.05) is 49.6 Å². The Morgan fingerprint density at radius 2 is 1.88 bits per heavy atom. The Morgan fingerprint density at radius 3 is 2.54 bits per heavy atom. The summed E-state index contributed by atoms with van der Waals surface area (Å²) < 4.78 is 7.80. The van der Waals surface area contributed by atoms with E-state index in [-0.39, 0.29) is 24.0 Å². The molecule has 4 rings (SSSR count). The quantitative estimate of drug-likeness (QED) is 0.894. The minimum atomic E-state index is -0.494. The first-order valence-corrected chi connectivity index (χ1v) is 9.06. The van der Waals surface area contributed by atoms with Gasteiger partial charge in [-0.1, -0.05) is 18.2 Å². The summed E-state index contributed by atoms with van der Waals surface area (Å²) in [7, 11) is 1.83. The number of aromatic nitrogens is 1. The van der Waals surface area contributed by atoms with E-state index < -0.39 is 6.04 Å². The molecule has 2 heterocycles. The number of amides is 2. The molecule has 0 radical (unpaired) electrons. The number of nitrogens with zero attached hydrogens (tertiary/aromatic N) is 2. The van der Waals surface area contributed by atoms with Crippen LogP contribution in [0, 0.1) is 0 Å². The van der Waals surface area contributed by atoms with Gasteiger partial charge in [0, 0.05) is 25.7 Å². The van der Waals surface area contributed by atoms with Crippen molar-refractivity contribution >= 4 is 11.8 Å². The van der Waals surface area contributed by atoms with Gasteiger partial charge >= 0.3 is 0 Å². The number of carbonyl (C=O) groups is 2. The van der Waals surface area contributed by atoms with Crippen LogP contribution in [0.3, 0.4) is 0 Å². The first kappa shape index (κ1) is 16.7. The van der Waals surface area contributed by atoms with Crippen LogP contribution in [-0.2, 0) is 11.8 Å². The Kier molecular flexibility index (Phi) is 4.41. The topological polar surface area (TPSA) is 63.6 Å². The van der Waals surface area contributed by atoms with E-state index in [1.54, 1.807) is 15.5 Å². The van der Waals surface area contributed by atoms with E-state index in [4.69, 9.17) is 4.74 Å². The van der Waals surface area contributed by atoms with Crippen LogP contribution < -0.4 is 10.1 Å². The molecule has 1 aromatic heterocycles. The van der Waals surface area contributed by atoms with Crippen molar-refractivity contribution < 1.29 is 14.3 Å². The molecule has 26 heavy (non-hydrogen) atoms. The van der Waals surface area contributed by atoms with Gasteiger partial charge in [0.05, 0.1) is 6.54 Å². The number of carbonyl (C=O) groups excluding carboxylic acids is 2. The molecule has 1 aromatic carbocycles. The second-order valence-corrected chi connectivity index (χ2v) is 7.05. The normalized spacial score (nSPS) is 22.3. The molecule has 6 heteroatoms. The highest BCUT2D eigenvalue weighted by Gasteiger charge is 2.42. The second kappa shape index (κ2) is 6.86. The molecule has 136 valence electrons. The van der Waals surface area contributed by atoms with Crippen molar-refractivity contribution in [2.45, 2.75) is 37.5 Å². The van der Waals surface area contributed by atoms with Crippen molar-refractivity contribution in [1.82, 2.24) is 14.8 Å². The van der Waals surface area contributed by atoms with Gasteiger partial charge in [-0.2, -0.15) is 0 Å². The van der Waals surface area contributed by atoms with Gasteiger partial charge in [-0.05, 0) is 37.1 Å². The van der Waals surface area contributed by atoms with Crippen LogP contribution >= 0.6 is 0 Å². The molecule has 2 atom stereocenters. The van der Waals surface area contributed by atoms with Gasteiger partial charge in [0.25, 0.3) is 5.91 Å². The molecule has 1 saturated heterocycles. The summed E-state index contributed by atoms with van der Waals surface area (Å²) in [5.74, 6) is 0.550. The molecule has 2 aliphatic rings.